The minimum Gasteiger partial charge on any atom is -0.370 e. The number of piperidine rings is 1. The van der Waals surface area contributed by atoms with Gasteiger partial charge in [0.05, 0.1) is 6.04 Å². The van der Waals surface area contributed by atoms with Gasteiger partial charge in [0.25, 0.3) is 5.91 Å². The lowest BCUT2D eigenvalue weighted by atomic mass is 9.92. The predicted octanol–water partition coefficient (Wildman–Crippen LogP) is -1.05. The Morgan fingerprint density at radius 1 is 1.44 bits per heavy atom. The van der Waals surface area contributed by atoms with Gasteiger partial charge in [0.15, 0.2) is 0 Å². The maximum atomic E-state index is 11.3. The Hall–Kier alpha value is -1.14. The number of hydrazine groups is 1. The molecule has 92 valence electrons. The predicted molar refractivity (Wildman–Crippen MR) is 59.9 cm³/mol. The van der Waals surface area contributed by atoms with Gasteiger partial charge in [-0.3, -0.25) is 19.9 Å². The monoisotopic (exact) mass is 228 g/mol. The van der Waals surface area contributed by atoms with Crippen LogP contribution in [-0.2, 0) is 9.59 Å². The molecule has 6 heteroatoms. The van der Waals surface area contributed by atoms with E-state index >= 15 is 0 Å². The Kier molecular flexibility index (Phi) is 4.70. The van der Waals surface area contributed by atoms with E-state index in [1.165, 1.54) is 0 Å². The number of nitrogens with one attached hydrogen (secondary N) is 1. The van der Waals surface area contributed by atoms with Gasteiger partial charge < -0.3 is 5.73 Å². The van der Waals surface area contributed by atoms with E-state index in [-0.39, 0.29) is 17.9 Å². The van der Waals surface area contributed by atoms with Crippen molar-refractivity contribution < 1.29 is 9.59 Å². The summed E-state index contributed by atoms with van der Waals surface area (Å²) >= 11 is 0. The number of carbonyl (C=O) groups excluding carboxylic acids is 2. The molecule has 0 bridgehead atoms. The quantitative estimate of drug-likeness (QED) is 0.325. The Labute approximate surface area is 95.3 Å². The van der Waals surface area contributed by atoms with Crippen LogP contribution in [0.25, 0.3) is 0 Å². The van der Waals surface area contributed by atoms with Crippen LogP contribution in [0.15, 0.2) is 0 Å². The van der Waals surface area contributed by atoms with Crippen molar-refractivity contribution >= 4 is 11.8 Å². The molecule has 0 aromatic heterocycles. The molecule has 5 N–H and O–H groups in total. The molecule has 6 nitrogen and oxygen atoms in total. The summed E-state index contributed by atoms with van der Waals surface area (Å²) in [5, 5.41) is 0. The molecule has 2 amide bonds. The Bertz CT molecular complexity index is 262. The zero-order chi connectivity index (χ0) is 12.1. The van der Waals surface area contributed by atoms with Gasteiger partial charge in [-0.1, -0.05) is 0 Å². The van der Waals surface area contributed by atoms with Crippen LogP contribution in [0.1, 0.15) is 26.2 Å². The van der Waals surface area contributed by atoms with Crippen molar-refractivity contribution in [3.8, 4) is 0 Å². The van der Waals surface area contributed by atoms with E-state index in [1.807, 2.05) is 6.92 Å². The molecule has 0 saturated carbocycles. The van der Waals surface area contributed by atoms with E-state index in [1.54, 1.807) is 0 Å². The smallest absolute Gasteiger partial charge is 0.250 e. The molecule has 1 fully saturated rings. The Morgan fingerprint density at radius 3 is 2.44 bits per heavy atom. The largest absolute Gasteiger partial charge is 0.370 e. The highest BCUT2D eigenvalue weighted by molar-refractivity contribution is 5.80. The lowest BCUT2D eigenvalue weighted by molar-refractivity contribution is -0.127. The summed E-state index contributed by atoms with van der Waals surface area (Å²) < 4.78 is 0. The molecule has 16 heavy (non-hydrogen) atoms. The average molecular weight is 228 g/mol. The third kappa shape index (κ3) is 3.46. The molecule has 1 unspecified atom stereocenters. The van der Waals surface area contributed by atoms with Crippen LogP contribution in [0.2, 0.25) is 0 Å². The third-order valence-corrected chi connectivity index (χ3v) is 3.21. The third-order valence-electron chi connectivity index (χ3n) is 3.21. The van der Waals surface area contributed by atoms with Gasteiger partial charge in [0.2, 0.25) is 5.91 Å². The van der Waals surface area contributed by atoms with Gasteiger partial charge in [-0.05, 0) is 38.8 Å². The summed E-state index contributed by atoms with van der Waals surface area (Å²) in [7, 11) is 0. The fraction of sp³-hybridized carbons (Fsp3) is 0.800. The maximum absolute atomic E-state index is 11.3. The molecule has 1 aliphatic rings. The van der Waals surface area contributed by atoms with Crippen LogP contribution in [-0.4, -0.2) is 35.8 Å². The first-order chi connectivity index (χ1) is 7.54. The van der Waals surface area contributed by atoms with Crippen LogP contribution in [0.5, 0.6) is 0 Å². The van der Waals surface area contributed by atoms with E-state index in [4.69, 9.17) is 11.6 Å². The van der Waals surface area contributed by atoms with Crippen molar-refractivity contribution in [3.63, 3.8) is 0 Å². The minimum absolute atomic E-state index is 0.173. The number of nitrogens with zero attached hydrogens (tertiary/aromatic N) is 1. The van der Waals surface area contributed by atoms with E-state index in [9.17, 15) is 9.59 Å². The fourth-order valence-electron chi connectivity index (χ4n) is 2.12. The van der Waals surface area contributed by atoms with Crippen molar-refractivity contribution in [2.24, 2.45) is 17.5 Å². The topological polar surface area (TPSA) is 101 Å². The maximum Gasteiger partial charge on any atom is 0.250 e. The number of rotatable bonds is 4. The summed E-state index contributed by atoms with van der Waals surface area (Å²) in [6.07, 6.45) is 2.27. The van der Waals surface area contributed by atoms with Gasteiger partial charge >= 0.3 is 0 Å². The van der Waals surface area contributed by atoms with Gasteiger partial charge in [-0.25, -0.2) is 5.84 Å². The number of hydrogen-bond acceptors (Lipinski definition) is 4. The number of hydrogen-bond donors (Lipinski definition) is 3. The fourth-order valence-corrected chi connectivity index (χ4v) is 2.12. The van der Waals surface area contributed by atoms with Crippen molar-refractivity contribution in [1.82, 2.24) is 10.3 Å². The molecule has 0 aliphatic carbocycles. The van der Waals surface area contributed by atoms with E-state index in [0.29, 0.717) is 12.3 Å². The molecular weight excluding hydrogens is 208 g/mol. The average Bonchev–Trinajstić information content (AvgIpc) is 2.27. The molecule has 1 atom stereocenters. The van der Waals surface area contributed by atoms with Crippen LogP contribution < -0.4 is 17.0 Å². The second kappa shape index (κ2) is 5.81. The Morgan fingerprint density at radius 2 is 2.00 bits per heavy atom. The summed E-state index contributed by atoms with van der Waals surface area (Å²) in [6.45, 7) is 3.45. The van der Waals surface area contributed by atoms with Crippen LogP contribution in [0, 0.1) is 5.92 Å². The van der Waals surface area contributed by atoms with Gasteiger partial charge in [-0.15, -0.1) is 0 Å². The van der Waals surface area contributed by atoms with E-state index in [2.05, 4.69) is 10.3 Å². The second-order valence-corrected chi connectivity index (χ2v) is 4.33. The lowest BCUT2D eigenvalue weighted by Crippen LogP contribution is -2.50. The van der Waals surface area contributed by atoms with Crippen LogP contribution in [0.3, 0.4) is 0 Å². The number of nitrogens with two attached hydrogens (primary N) is 2. The number of likely N-dealkylation sites (tertiary alicyclic amines) is 1. The highest BCUT2D eigenvalue weighted by atomic mass is 16.2. The van der Waals surface area contributed by atoms with Gasteiger partial charge in [0, 0.05) is 6.42 Å². The normalized spacial score (nSPS) is 20.4. The Balaban J connectivity index is 2.36. The standard InChI is InChI=1S/C10H20N4O2/c1-7(10(16)13-12)14-4-2-8(3-5-14)6-9(11)15/h7-8H,2-6,12H2,1H3,(H2,11,15)(H,13,16). The molecule has 0 radical (unpaired) electrons. The minimum atomic E-state index is -0.244. The molecule has 0 aromatic rings. The first kappa shape index (κ1) is 12.9. The molecule has 1 heterocycles. The zero-order valence-electron chi connectivity index (χ0n) is 9.61. The number of amides is 2. The highest BCUT2D eigenvalue weighted by Gasteiger charge is 2.26. The molecule has 1 saturated heterocycles. The lowest BCUT2D eigenvalue weighted by Gasteiger charge is -2.34. The molecule has 1 aliphatic heterocycles. The van der Waals surface area contributed by atoms with Crippen molar-refractivity contribution in [3.05, 3.63) is 0 Å². The first-order valence-corrected chi connectivity index (χ1v) is 5.57. The summed E-state index contributed by atoms with van der Waals surface area (Å²) in [5.74, 6) is 5.03. The molecule has 1 rings (SSSR count). The SMILES string of the molecule is CC(C(=O)NN)N1CCC(CC(N)=O)CC1. The van der Waals surface area contributed by atoms with Gasteiger partial charge in [0.1, 0.15) is 0 Å². The second-order valence-electron chi connectivity index (χ2n) is 4.33. The first-order valence-electron chi connectivity index (χ1n) is 5.57. The summed E-state index contributed by atoms with van der Waals surface area (Å²) in [6, 6.07) is -0.209. The zero-order valence-corrected chi connectivity index (χ0v) is 9.61. The van der Waals surface area contributed by atoms with Crippen molar-refractivity contribution in [2.75, 3.05) is 13.1 Å². The van der Waals surface area contributed by atoms with Crippen LogP contribution in [0.4, 0.5) is 0 Å². The van der Waals surface area contributed by atoms with Crippen molar-refractivity contribution in [2.45, 2.75) is 32.2 Å². The summed E-state index contributed by atoms with van der Waals surface area (Å²) in [4.78, 5) is 24.2. The van der Waals surface area contributed by atoms with Gasteiger partial charge in [-0.2, -0.15) is 0 Å². The van der Waals surface area contributed by atoms with Crippen molar-refractivity contribution in [1.29, 1.82) is 0 Å². The molecular formula is C10H20N4O2. The van der Waals surface area contributed by atoms with E-state index in [0.717, 1.165) is 25.9 Å². The summed E-state index contributed by atoms with van der Waals surface area (Å²) in [5.41, 5.74) is 7.31. The van der Waals surface area contributed by atoms with Crippen LogP contribution >= 0.6 is 0 Å². The molecule has 0 spiro atoms. The highest BCUT2D eigenvalue weighted by Crippen LogP contribution is 2.21. The van der Waals surface area contributed by atoms with E-state index < -0.39 is 0 Å². The number of primary amides is 1. The number of carbonyl (C=O) groups is 2. The molecule has 0 aromatic carbocycles.